The molecule has 7 heteroatoms. The number of rotatable bonds is 4. The number of likely N-dealkylation sites (tertiary alicyclic amines) is 1. The van der Waals surface area contributed by atoms with Gasteiger partial charge < -0.3 is 14.4 Å². The number of pyridine rings is 1. The van der Waals surface area contributed by atoms with Crippen molar-refractivity contribution in [3.8, 4) is 5.88 Å². The van der Waals surface area contributed by atoms with Crippen molar-refractivity contribution >= 4 is 5.91 Å². The third-order valence-electron chi connectivity index (χ3n) is 5.95. The van der Waals surface area contributed by atoms with E-state index in [0.29, 0.717) is 18.1 Å². The zero-order valence-electron chi connectivity index (χ0n) is 16.1. The molecule has 1 aliphatic carbocycles. The van der Waals surface area contributed by atoms with Gasteiger partial charge in [-0.25, -0.2) is 4.98 Å². The van der Waals surface area contributed by atoms with Crippen LogP contribution in [0.15, 0.2) is 30.5 Å². The van der Waals surface area contributed by atoms with Crippen LogP contribution in [-0.2, 0) is 11.8 Å². The van der Waals surface area contributed by atoms with Crippen LogP contribution < -0.4 is 4.74 Å². The highest BCUT2D eigenvalue weighted by atomic mass is 16.5. The zero-order chi connectivity index (χ0) is 19.0. The van der Waals surface area contributed by atoms with Crippen LogP contribution in [0.4, 0.5) is 0 Å². The van der Waals surface area contributed by atoms with Crippen LogP contribution in [0.5, 0.6) is 5.88 Å². The second-order valence-electron chi connectivity index (χ2n) is 7.51. The minimum atomic E-state index is -0.284. The van der Waals surface area contributed by atoms with Crippen molar-refractivity contribution in [1.29, 1.82) is 0 Å². The zero-order valence-corrected chi connectivity index (χ0v) is 16.1. The Morgan fingerprint density at radius 2 is 2.19 bits per heavy atom. The Kier molecular flexibility index (Phi) is 4.63. The maximum absolute atomic E-state index is 13.2. The van der Waals surface area contributed by atoms with Gasteiger partial charge in [-0.2, -0.15) is 5.10 Å². The highest BCUT2D eigenvalue weighted by Crippen LogP contribution is 2.43. The number of methoxy groups -OCH3 is 1. The highest BCUT2D eigenvalue weighted by Gasteiger charge is 2.53. The van der Waals surface area contributed by atoms with E-state index in [4.69, 9.17) is 9.47 Å². The predicted molar refractivity (Wildman–Crippen MR) is 99.6 cm³/mol. The molecule has 0 N–H and O–H groups in total. The van der Waals surface area contributed by atoms with Gasteiger partial charge >= 0.3 is 0 Å². The quantitative estimate of drug-likeness (QED) is 0.826. The highest BCUT2D eigenvalue weighted by molar-refractivity contribution is 5.93. The summed E-state index contributed by atoms with van der Waals surface area (Å²) < 4.78 is 13.7. The van der Waals surface area contributed by atoms with Crippen molar-refractivity contribution in [3.63, 3.8) is 0 Å². The molecule has 1 saturated heterocycles. The third kappa shape index (κ3) is 3.20. The van der Waals surface area contributed by atoms with Gasteiger partial charge in [0.15, 0.2) is 0 Å². The molecule has 0 radical (unpaired) electrons. The van der Waals surface area contributed by atoms with Crippen molar-refractivity contribution in [3.05, 3.63) is 41.9 Å². The first-order chi connectivity index (χ1) is 13.0. The van der Waals surface area contributed by atoms with Gasteiger partial charge in [0.05, 0.1) is 17.3 Å². The number of ether oxygens (including phenoxy) is 2. The van der Waals surface area contributed by atoms with Crippen molar-refractivity contribution < 1.29 is 14.3 Å². The molecule has 1 saturated carbocycles. The van der Waals surface area contributed by atoms with Crippen LogP contribution >= 0.6 is 0 Å². The minimum absolute atomic E-state index is 0.00679. The fourth-order valence-corrected chi connectivity index (χ4v) is 4.56. The van der Waals surface area contributed by atoms with Crippen LogP contribution in [0.1, 0.15) is 41.9 Å². The number of aromatic nitrogens is 3. The summed E-state index contributed by atoms with van der Waals surface area (Å²) in [7, 11) is 3.57. The van der Waals surface area contributed by atoms with Crippen molar-refractivity contribution in [2.24, 2.45) is 7.05 Å². The number of hydrogen-bond donors (Lipinski definition) is 0. The Morgan fingerprint density at radius 3 is 2.85 bits per heavy atom. The number of carbonyl (C=O) groups is 1. The fourth-order valence-electron chi connectivity index (χ4n) is 4.56. The summed E-state index contributed by atoms with van der Waals surface area (Å²) in [5.41, 5.74) is 1.18. The van der Waals surface area contributed by atoms with Crippen LogP contribution in [0.2, 0.25) is 0 Å². The molecule has 2 aromatic rings. The Balaban J connectivity index is 1.56. The molecular weight excluding hydrogens is 344 g/mol. The van der Waals surface area contributed by atoms with Crippen LogP contribution in [-0.4, -0.2) is 57.0 Å². The number of amides is 1. The Hall–Kier alpha value is -2.41. The average molecular weight is 370 g/mol. The molecular formula is C20H26N4O3. The lowest BCUT2D eigenvalue weighted by atomic mass is 9.79. The SMILES string of the molecule is CO[C@@]12CCC(Oc3ccccn3)CC1N(C(=O)c1cc(C)nn1C)CC2. The van der Waals surface area contributed by atoms with E-state index >= 15 is 0 Å². The van der Waals surface area contributed by atoms with Crippen LogP contribution in [0, 0.1) is 6.92 Å². The van der Waals surface area contributed by atoms with Gasteiger partial charge in [0.25, 0.3) is 5.91 Å². The number of carbonyl (C=O) groups excluding carboxylic acids is 1. The Morgan fingerprint density at radius 1 is 1.33 bits per heavy atom. The molecule has 0 spiro atoms. The van der Waals surface area contributed by atoms with E-state index in [1.807, 2.05) is 43.1 Å². The van der Waals surface area contributed by atoms with Crippen molar-refractivity contribution in [2.75, 3.05) is 13.7 Å². The number of aryl methyl sites for hydroxylation is 2. The van der Waals surface area contributed by atoms with Gasteiger partial charge in [-0.3, -0.25) is 9.48 Å². The molecule has 1 aliphatic heterocycles. The molecule has 27 heavy (non-hydrogen) atoms. The summed E-state index contributed by atoms with van der Waals surface area (Å²) in [6.07, 6.45) is 5.12. The normalized spacial score (nSPS) is 27.4. The van der Waals surface area contributed by atoms with Crippen LogP contribution in [0.3, 0.4) is 0 Å². The molecule has 2 fully saturated rings. The Bertz CT molecular complexity index is 822. The minimum Gasteiger partial charge on any atom is -0.474 e. The van der Waals surface area contributed by atoms with Crippen LogP contribution in [0.25, 0.3) is 0 Å². The van der Waals surface area contributed by atoms with Crippen molar-refractivity contribution in [2.45, 2.75) is 50.4 Å². The second kappa shape index (κ2) is 6.96. The standard InChI is InChI=1S/C20H26N4O3/c1-14-12-16(23(2)22-14)19(25)24-11-9-20(26-3)8-7-15(13-17(20)24)27-18-6-4-5-10-21-18/h4-6,10,12,15,17H,7-9,11,13H2,1-3H3/t15?,17?,20-/m1/s1. The van der Waals surface area contributed by atoms with Gasteiger partial charge in [0, 0.05) is 39.4 Å². The van der Waals surface area contributed by atoms with E-state index in [1.165, 1.54) is 0 Å². The molecule has 3 heterocycles. The van der Waals surface area contributed by atoms with E-state index in [9.17, 15) is 4.79 Å². The van der Waals surface area contributed by atoms with E-state index in [-0.39, 0.29) is 23.7 Å². The topological polar surface area (TPSA) is 69.5 Å². The Labute approximate surface area is 159 Å². The maximum Gasteiger partial charge on any atom is 0.272 e. The molecule has 2 aromatic heterocycles. The first-order valence-corrected chi connectivity index (χ1v) is 9.47. The summed E-state index contributed by atoms with van der Waals surface area (Å²) in [6, 6.07) is 7.50. The monoisotopic (exact) mass is 370 g/mol. The summed E-state index contributed by atoms with van der Waals surface area (Å²) in [4.78, 5) is 19.4. The van der Waals surface area contributed by atoms with E-state index in [1.54, 1.807) is 18.0 Å². The fraction of sp³-hybridized carbons (Fsp3) is 0.550. The molecule has 2 aliphatic rings. The largest absolute Gasteiger partial charge is 0.474 e. The number of fused-ring (bicyclic) bond motifs is 1. The molecule has 3 atom stereocenters. The molecule has 2 unspecified atom stereocenters. The van der Waals surface area contributed by atoms with Gasteiger partial charge in [-0.05, 0) is 38.3 Å². The predicted octanol–water partition coefficient (Wildman–Crippen LogP) is 2.35. The maximum atomic E-state index is 13.2. The van der Waals surface area contributed by atoms with E-state index < -0.39 is 0 Å². The lowest BCUT2D eigenvalue weighted by Gasteiger charge is -2.43. The summed E-state index contributed by atoms with van der Waals surface area (Å²) in [5.74, 6) is 0.645. The molecule has 144 valence electrons. The second-order valence-corrected chi connectivity index (χ2v) is 7.51. The van der Waals surface area contributed by atoms with Crippen molar-refractivity contribution in [1.82, 2.24) is 19.7 Å². The molecule has 0 aromatic carbocycles. The van der Waals surface area contributed by atoms with E-state index in [2.05, 4.69) is 10.1 Å². The first-order valence-electron chi connectivity index (χ1n) is 9.47. The van der Waals surface area contributed by atoms with E-state index in [0.717, 1.165) is 31.4 Å². The molecule has 4 rings (SSSR count). The lowest BCUT2D eigenvalue weighted by molar-refractivity contribution is -0.0789. The summed E-state index contributed by atoms with van der Waals surface area (Å²) in [6.45, 7) is 2.59. The molecule has 1 amide bonds. The molecule has 7 nitrogen and oxygen atoms in total. The summed E-state index contributed by atoms with van der Waals surface area (Å²) in [5, 5.41) is 4.32. The summed E-state index contributed by atoms with van der Waals surface area (Å²) >= 11 is 0. The van der Waals surface area contributed by atoms with Gasteiger partial charge in [0.2, 0.25) is 5.88 Å². The van der Waals surface area contributed by atoms with Gasteiger partial charge in [-0.1, -0.05) is 6.07 Å². The lowest BCUT2D eigenvalue weighted by Crippen LogP contribution is -2.53. The smallest absolute Gasteiger partial charge is 0.272 e. The van der Waals surface area contributed by atoms with Gasteiger partial charge in [-0.15, -0.1) is 0 Å². The third-order valence-corrected chi connectivity index (χ3v) is 5.95. The average Bonchev–Trinajstić information content (AvgIpc) is 3.22. The molecule has 0 bridgehead atoms. The first kappa shape index (κ1) is 18.0. The number of nitrogens with zero attached hydrogens (tertiary/aromatic N) is 4. The number of hydrogen-bond acceptors (Lipinski definition) is 5. The van der Waals surface area contributed by atoms with Gasteiger partial charge in [0.1, 0.15) is 11.8 Å².